The van der Waals surface area contributed by atoms with Gasteiger partial charge in [0.15, 0.2) is 0 Å². The van der Waals surface area contributed by atoms with Gasteiger partial charge in [0.1, 0.15) is 35.2 Å². The fraction of sp³-hybridized carbons (Fsp3) is 0.355. The lowest BCUT2D eigenvalue weighted by Gasteiger charge is -2.34. The van der Waals surface area contributed by atoms with E-state index in [1.165, 1.54) is 25.3 Å². The van der Waals surface area contributed by atoms with Crippen LogP contribution in [0.15, 0.2) is 54.9 Å². The topological polar surface area (TPSA) is 124 Å². The number of methoxy groups -OCH3 is 1. The highest BCUT2D eigenvalue weighted by atomic mass is 19.4. The van der Waals surface area contributed by atoms with Crippen LogP contribution in [0.25, 0.3) is 16.8 Å². The SMILES string of the molecule is COCCOc1cc(C(=O)Nc2cccc(C(F)(F)F)c2)ccc1-c1nc(C2CCC3CCC(=O)N3C2)n2ccnc(N)c12. The van der Waals surface area contributed by atoms with E-state index in [0.29, 0.717) is 35.5 Å². The molecule has 2 aliphatic rings. The number of imidazole rings is 1. The Labute approximate surface area is 251 Å². The van der Waals surface area contributed by atoms with Crippen molar-refractivity contribution in [1.29, 1.82) is 0 Å². The number of carbonyl (C=O) groups excluding carboxylic acids is 2. The first kappa shape index (κ1) is 29.4. The van der Waals surface area contributed by atoms with Crippen LogP contribution in [-0.2, 0) is 15.7 Å². The lowest BCUT2D eigenvalue weighted by molar-refractivity contribution is -0.137. The van der Waals surface area contributed by atoms with Gasteiger partial charge in [-0.05, 0) is 55.7 Å². The van der Waals surface area contributed by atoms with E-state index >= 15 is 0 Å². The fourth-order valence-electron chi connectivity index (χ4n) is 6.03. The number of anilines is 2. The number of piperidine rings is 1. The summed E-state index contributed by atoms with van der Waals surface area (Å²) in [4.78, 5) is 36.9. The van der Waals surface area contributed by atoms with E-state index in [1.54, 1.807) is 24.5 Å². The van der Waals surface area contributed by atoms with Crippen molar-refractivity contribution in [3.63, 3.8) is 0 Å². The molecule has 0 bridgehead atoms. The highest BCUT2D eigenvalue weighted by molar-refractivity contribution is 6.05. The minimum Gasteiger partial charge on any atom is -0.490 e. The van der Waals surface area contributed by atoms with Gasteiger partial charge in [-0.1, -0.05) is 6.07 Å². The van der Waals surface area contributed by atoms with Crippen molar-refractivity contribution >= 4 is 28.8 Å². The summed E-state index contributed by atoms with van der Waals surface area (Å²) in [5, 5.41) is 2.53. The van der Waals surface area contributed by atoms with Crippen LogP contribution in [-0.4, -0.2) is 64.0 Å². The molecule has 0 saturated carbocycles. The number of nitrogens with zero attached hydrogens (tertiary/aromatic N) is 4. The summed E-state index contributed by atoms with van der Waals surface area (Å²) < 4.78 is 52.6. The van der Waals surface area contributed by atoms with Crippen LogP contribution in [0, 0.1) is 0 Å². The second kappa shape index (κ2) is 11.8. The summed E-state index contributed by atoms with van der Waals surface area (Å²) in [5.74, 6) is 0.836. The first-order valence-electron chi connectivity index (χ1n) is 14.3. The molecule has 4 aromatic rings. The number of hydrogen-bond acceptors (Lipinski definition) is 7. The maximum atomic E-state index is 13.2. The number of benzene rings is 2. The maximum absolute atomic E-state index is 13.2. The average molecular weight is 609 g/mol. The molecule has 2 atom stereocenters. The molecule has 2 saturated heterocycles. The standard InChI is InChI=1S/C31H31F3N6O4/c1-43-13-14-44-24-15-18(30(42)37-21-4-2-3-20(16-21)31(32,33)34)6-9-23(24)26-27-28(35)36-11-12-39(27)29(38-26)19-5-7-22-8-10-25(41)40(22)17-19/h2-4,6,9,11-12,15-16,19,22H,5,7-8,10,13-14,17H2,1H3,(H2,35,36)(H,37,42). The highest BCUT2D eigenvalue weighted by Crippen LogP contribution is 2.40. The number of nitrogens with two attached hydrogens (primary N) is 1. The molecule has 2 aliphatic heterocycles. The zero-order valence-corrected chi connectivity index (χ0v) is 23.9. The molecule has 2 unspecified atom stereocenters. The number of carbonyl (C=O) groups is 2. The van der Waals surface area contributed by atoms with Crippen LogP contribution in [0.5, 0.6) is 5.75 Å². The normalized spacial score (nSPS) is 18.5. The Morgan fingerprint density at radius 1 is 1.14 bits per heavy atom. The Hall–Kier alpha value is -4.65. The lowest BCUT2D eigenvalue weighted by Crippen LogP contribution is -2.41. The summed E-state index contributed by atoms with van der Waals surface area (Å²) in [6.45, 7) is 0.998. The fourth-order valence-corrected chi connectivity index (χ4v) is 6.03. The smallest absolute Gasteiger partial charge is 0.416 e. The molecule has 0 radical (unpaired) electrons. The number of alkyl halides is 3. The molecule has 44 heavy (non-hydrogen) atoms. The van der Waals surface area contributed by atoms with Gasteiger partial charge in [0.25, 0.3) is 5.91 Å². The molecule has 4 heterocycles. The number of aromatic nitrogens is 3. The number of ether oxygens (including phenoxy) is 2. The first-order valence-corrected chi connectivity index (χ1v) is 14.3. The van der Waals surface area contributed by atoms with Crippen molar-refractivity contribution in [2.75, 3.05) is 37.9 Å². The van der Waals surface area contributed by atoms with Crippen molar-refractivity contribution in [3.05, 3.63) is 71.8 Å². The van der Waals surface area contributed by atoms with Crippen molar-refractivity contribution in [1.82, 2.24) is 19.3 Å². The van der Waals surface area contributed by atoms with Crippen LogP contribution in [0.3, 0.4) is 0 Å². The largest absolute Gasteiger partial charge is 0.490 e. The molecule has 10 nitrogen and oxygen atoms in total. The van der Waals surface area contributed by atoms with Gasteiger partial charge in [-0.15, -0.1) is 0 Å². The van der Waals surface area contributed by atoms with Gasteiger partial charge in [-0.3, -0.25) is 14.0 Å². The second-order valence-corrected chi connectivity index (χ2v) is 10.9. The van der Waals surface area contributed by atoms with Crippen molar-refractivity contribution in [2.45, 2.75) is 43.8 Å². The number of rotatable bonds is 8. The molecular formula is C31H31F3N6O4. The van der Waals surface area contributed by atoms with Gasteiger partial charge in [-0.2, -0.15) is 13.2 Å². The van der Waals surface area contributed by atoms with Crippen molar-refractivity contribution < 1.29 is 32.2 Å². The third-order valence-corrected chi connectivity index (χ3v) is 8.19. The Balaban J connectivity index is 1.37. The van der Waals surface area contributed by atoms with Crippen molar-refractivity contribution in [3.8, 4) is 17.0 Å². The van der Waals surface area contributed by atoms with Gasteiger partial charge in [0.05, 0.1) is 12.2 Å². The first-order chi connectivity index (χ1) is 21.1. The number of hydrogen-bond donors (Lipinski definition) is 2. The van der Waals surface area contributed by atoms with Crippen LogP contribution in [0.1, 0.15) is 53.3 Å². The summed E-state index contributed by atoms with van der Waals surface area (Å²) in [5.41, 5.74) is 7.29. The number of nitrogen functional groups attached to an aromatic ring is 1. The Kier molecular flexibility index (Phi) is 7.89. The van der Waals surface area contributed by atoms with E-state index in [1.807, 2.05) is 9.30 Å². The quantitative estimate of drug-likeness (QED) is 0.266. The Bertz CT molecular complexity index is 1720. The summed E-state index contributed by atoms with van der Waals surface area (Å²) in [7, 11) is 1.53. The Morgan fingerprint density at radius 3 is 2.77 bits per heavy atom. The van der Waals surface area contributed by atoms with Crippen molar-refractivity contribution in [2.24, 2.45) is 0 Å². The second-order valence-electron chi connectivity index (χ2n) is 10.9. The molecule has 2 amide bonds. The van der Waals surface area contributed by atoms with Gasteiger partial charge >= 0.3 is 6.18 Å². The van der Waals surface area contributed by atoms with Crippen LogP contribution in [0.4, 0.5) is 24.7 Å². The van der Waals surface area contributed by atoms with Crippen LogP contribution in [0.2, 0.25) is 0 Å². The molecule has 0 aliphatic carbocycles. The minimum absolute atomic E-state index is 0.00513. The van der Waals surface area contributed by atoms with Gasteiger partial charge < -0.3 is 25.4 Å². The third kappa shape index (κ3) is 5.66. The molecule has 13 heteroatoms. The molecule has 0 spiro atoms. The maximum Gasteiger partial charge on any atom is 0.416 e. The number of fused-ring (bicyclic) bond motifs is 2. The third-order valence-electron chi connectivity index (χ3n) is 8.19. The monoisotopic (exact) mass is 608 g/mol. The predicted octanol–water partition coefficient (Wildman–Crippen LogP) is 5.14. The molecule has 2 aromatic carbocycles. The van der Waals surface area contributed by atoms with E-state index in [9.17, 15) is 22.8 Å². The van der Waals surface area contributed by atoms with E-state index in [4.69, 9.17) is 20.2 Å². The van der Waals surface area contributed by atoms with Gasteiger partial charge in [0.2, 0.25) is 5.91 Å². The zero-order valence-electron chi connectivity index (χ0n) is 23.9. The van der Waals surface area contributed by atoms with E-state index in [2.05, 4.69) is 10.3 Å². The molecule has 2 aromatic heterocycles. The number of amides is 2. The van der Waals surface area contributed by atoms with E-state index < -0.39 is 17.6 Å². The van der Waals surface area contributed by atoms with Crippen LogP contribution >= 0.6 is 0 Å². The summed E-state index contributed by atoms with van der Waals surface area (Å²) in [6, 6.07) is 9.42. The Morgan fingerprint density at radius 2 is 1.98 bits per heavy atom. The zero-order chi connectivity index (χ0) is 31.0. The summed E-state index contributed by atoms with van der Waals surface area (Å²) in [6.07, 6.45) is 2.04. The van der Waals surface area contributed by atoms with Gasteiger partial charge in [-0.25, -0.2) is 9.97 Å². The van der Waals surface area contributed by atoms with Crippen LogP contribution < -0.4 is 15.8 Å². The lowest BCUT2D eigenvalue weighted by atomic mass is 9.92. The minimum atomic E-state index is -4.54. The molecular weight excluding hydrogens is 577 g/mol. The van der Waals surface area contributed by atoms with E-state index in [-0.39, 0.29) is 48.1 Å². The molecule has 3 N–H and O–H groups in total. The number of halogens is 3. The van der Waals surface area contributed by atoms with E-state index in [0.717, 1.165) is 37.2 Å². The summed E-state index contributed by atoms with van der Waals surface area (Å²) >= 11 is 0. The molecule has 2 fully saturated rings. The van der Waals surface area contributed by atoms with Gasteiger partial charge in [0, 0.05) is 61.2 Å². The highest BCUT2D eigenvalue weighted by Gasteiger charge is 2.38. The number of nitrogens with one attached hydrogen (secondary N) is 1. The molecule has 6 rings (SSSR count). The molecule has 230 valence electrons. The predicted molar refractivity (Wildman–Crippen MR) is 156 cm³/mol. The average Bonchev–Trinajstić information content (AvgIpc) is 3.58.